The first-order chi connectivity index (χ1) is 9.45. The van der Waals surface area contributed by atoms with Crippen molar-refractivity contribution in [1.82, 2.24) is 4.31 Å². The Kier molecular flexibility index (Phi) is 4.47. The highest BCUT2D eigenvalue weighted by Gasteiger charge is 2.25. The molecule has 0 atom stereocenters. The number of nitrogen functional groups attached to an aromatic ring is 1. The topological polar surface area (TPSA) is 63.4 Å². The average Bonchev–Trinajstić information content (AvgIpc) is 2.88. The van der Waals surface area contributed by atoms with E-state index in [-0.39, 0.29) is 0 Å². The zero-order valence-corrected chi connectivity index (χ0v) is 13.2. The summed E-state index contributed by atoms with van der Waals surface area (Å²) >= 11 is 1.56. The zero-order chi connectivity index (χ0) is 14.8. The second kappa shape index (κ2) is 5.95. The number of benzene rings is 1. The van der Waals surface area contributed by atoms with Crippen LogP contribution in [0.25, 0.3) is 0 Å². The van der Waals surface area contributed by atoms with Crippen molar-refractivity contribution < 1.29 is 8.42 Å². The van der Waals surface area contributed by atoms with E-state index in [1.165, 1.54) is 4.31 Å². The highest BCUT2D eigenvalue weighted by atomic mass is 32.2. The lowest BCUT2D eigenvalue weighted by Gasteiger charge is -2.21. The van der Waals surface area contributed by atoms with E-state index in [2.05, 4.69) is 0 Å². The number of hydrogen-bond acceptors (Lipinski definition) is 4. The van der Waals surface area contributed by atoms with Crippen molar-refractivity contribution in [3.8, 4) is 0 Å². The molecule has 0 radical (unpaired) electrons. The first-order valence-electron chi connectivity index (χ1n) is 6.34. The maximum atomic E-state index is 12.7. The van der Waals surface area contributed by atoms with Gasteiger partial charge in [0.1, 0.15) is 0 Å². The standard InChI is InChI=1S/C14H18N2O2S2/c1-3-16(10-13-5-4-8-19-13)20(17,18)14-7-6-12(15)9-11(14)2/h4-9H,3,10,15H2,1-2H3. The number of thiophene rings is 1. The number of sulfonamides is 1. The first kappa shape index (κ1) is 15.0. The number of nitrogens with zero attached hydrogens (tertiary/aromatic N) is 1. The minimum Gasteiger partial charge on any atom is -0.399 e. The van der Waals surface area contributed by atoms with Crippen LogP contribution in [0.5, 0.6) is 0 Å². The summed E-state index contributed by atoms with van der Waals surface area (Å²) in [6, 6.07) is 8.76. The van der Waals surface area contributed by atoms with Gasteiger partial charge >= 0.3 is 0 Å². The molecule has 0 unspecified atom stereocenters. The summed E-state index contributed by atoms with van der Waals surface area (Å²) in [7, 11) is -3.49. The molecule has 0 amide bonds. The van der Waals surface area contributed by atoms with Crippen molar-refractivity contribution in [2.45, 2.75) is 25.3 Å². The lowest BCUT2D eigenvalue weighted by atomic mass is 10.2. The minimum absolute atomic E-state index is 0.324. The van der Waals surface area contributed by atoms with Gasteiger partial charge in [-0.2, -0.15) is 4.31 Å². The molecule has 0 aliphatic rings. The van der Waals surface area contributed by atoms with E-state index < -0.39 is 10.0 Å². The van der Waals surface area contributed by atoms with Gasteiger partial charge in [0.15, 0.2) is 0 Å². The van der Waals surface area contributed by atoms with Crippen LogP contribution < -0.4 is 5.73 Å². The fraction of sp³-hybridized carbons (Fsp3) is 0.286. The van der Waals surface area contributed by atoms with Crippen LogP contribution in [0.4, 0.5) is 5.69 Å². The number of rotatable bonds is 5. The largest absolute Gasteiger partial charge is 0.399 e. The van der Waals surface area contributed by atoms with Crippen LogP contribution >= 0.6 is 11.3 Å². The van der Waals surface area contributed by atoms with Gasteiger partial charge in [0.05, 0.1) is 4.90 Å². The molecule has 0 aliphatic heterocycles. The Morgan fingerprint density at radius 3 is 2.60 bits per heavy atom. The number of nitrogens with two attached hydrogens (primary N) is 1. The lowest BCUT2D eigenvalue weighted by Crippen LogP contribution is -2.30. The zero-order valence-electron chi connectivity index (χ0n) is 11.5. The Hall–Kier alpha value is -1.37. The van der Waals surface area contributed by atoms with Crippen LogP contribution in [0.15, 0.2) is 40.6 Å². The average molecular weight is 310 g/mol. The highest BCUT2D eigenvalue weighted by molar-refractivity contribution is 7.89. The van der Waals surface area contributed by atoms with Gasteiger partial charge in [0, 0.05) is 23.7 Å². The van der Waals surface area contributed by atoms with Gasteiger partial charge in [-0.05, 0) is 42.1 Å². The summed E-state index contributed by atoms with van der Waals surface area (Å²) in [5.74, 6) is 0. The number of anilines is 1. The molecule has 2 N–H and O–H groups in total. The van der Waals surface area contributed by atoms with Crippen molar-refractivity contribution >= 4 is 27.0 Å². The van der Waals surface area contributed by atoms with Crippen molar-refractivity contribution in [3.05, 3.63) is 46.2 Å². The lowest BCUT2D eigenvalue weighted by molar-refractivity contribution is 0.426. The second-order valence-corrected chi connectivity index (χ2v) is 7.47. The highest BCUT2D eigenvalue weighted by Crippen LogP contribution is 2.24. The van der Waals surface area contributed by atoms with Crippen molar-refractivity contribution in [2.24, 2.45) is 0 Å². The summed E-state index contributed by atoms with van der Waals surface area (Å²) in [6.07, 6.45) is 0. The minimum atomic E-state index is -3.49. The van der Waals surface area contributed by atoms with E-state index in [0.29, 0.717) is 29.2 Å². The van der Waals surface area contributed by atoms with E-state index >= 15 is 0 Å². The molecular weight excluding hydrogens is 292 g/mol. The monoisotopic (exact) mass is 310 g/mol. The maximum absolute atomic E-state index is 12.7. The Labute approximate surface area is 123 Å². The summed E-state index contributed by atoms with van der Waals surface area (Å²) in [4.78, 5) is 1.36. The maximum Gasteiger partial charge on any atom is 0.243 e. The second-order valence-electron chi connectivity index (χ2n) is 4.54. The molecule has 6 heteroatoms. The number of hydrogen-bond donors (Lipinski definition) is 1. The molecule has 108 valence electrons. The fourth-order valence-electron chi connectivity index (χ4n) is 2.04. The third kappa shape index (κ3) is 3.03. The third-order valence-electron chi connectivity index (χ3n) is 3.08. The van der Waals surface area contributed by atoms with Gasteiger partial charge in [-0.15, -0.1) is 11.3 Å². The smallest absolute Gasteiger partial charge is 0.243 e. The summed E-state index contributed by atoms with van der Waals surface area (Å²) in [5, 5.41) is 1.95. The first-order valence-corrected chi connectivity index (χ1v) is 8.65. The van der Waals surface area contributed by atoms with Crippen molar-refractivity contribution in [2.75, 3.05) is 12.3 Å². The molecule has 0 saturated heterocycles. The molecule has 0 spiro atoms. The van der Waals surface area contributed by atoms with E-state index in [0.717, 1.165) is 4.88 Å². The fourth-order valence-corrected chi connectivity index (χ4v) is 4.48. The Morgan fingerprint density at radius 1 is 1.30 bits per heavy atom. The van der Waals surface area contributed by atoms with Crippen LogP contribution in [0.2, 0.25) is 0 Å². The van der Waals surface area contributed by atoms with Crippen LogP contribution in [0.1, 0.15) is 17.4 Å². The number of aryl methyl sites for hydroxylation is 1. The van der Waals surface area contributed by atoms with Gasteiger partial charge < -0.3 is 5.73 Å². The van der Waals surface area contributed by atoms with Gasteiger partial charge in [0.2, 0.25) is 10.0 Å². The molecular formula is C14H18N2O2S2. The summed E-state index contributed by atoms with van der Waals surface area (Å²) < 4.78 is 26.9. The molecule has 0 bridgehead atoms. The molecule has 4 nitrogen and oxygen atoms in total. The molecule has 0 fully saturated rings. The van der Waals surface area contributed by atoms with Crippen LogP contribution in [-0.4, -0.2) is 19.3 Å². The van der Waals surface area contributed by atoms with E-state index in [9.17, 15) is 8.42 Å². The van der Waals surface area contributed by atoms with Crippen molar-refractivity contribution in [3.63, 3.8) is 0 Å². The molecule has 20 heavy (non-hydrogen) atoms. The summed E-state index contributed by atoms with van der Waals surface area (Å²) in [6.45, 7) is 4.45. The van der Waals surface area contributed by atoms with Gasteiger partial charge in [-0.3, -0.25) is 0 Å². The predicted molar refractivity (Wildman–Crippen MR) is 83.2 cm³/mol. The predicted octanol–water partition coefficient (Wildman–Crippen LogP) is 2.85. The van der Waals surface area contributed by atoms with Gasteiger partial charge in [0.25, 0.3) is 0 Å². The molecule has 2 rings (SSSR count). The molecule has 0 aliphatic carbocycles. The van der Waals surface area contributed by atoms with Gasteiger partial charge in [-0.1, -0.05) is 13.0 Å². The summed E-state index contributed by atoms with van der Waals surface area (Å²) in [5.41, 5.74) is 6.93. The van der Waals surface area contributed by atoms with E-state index in [1.807, 2.05) is 24.4 Å². The molecule has 1 aromatic heterocycles. The Morgan fingerprint density at radius 2 is 2.05 bits per heavy atom. The van der Waals surface area contributed by atoms with Crippen LogP contribution in [0, 0.1) is 6.92 Å². The Balaban J connectivity index is 2.36. The van der Waals surface area contributed by atoms with E-state index in [1.54, 1.807) is 36.5 Å². The SMILES string of the molecule is CCN(Cc1cccs1)S(=O)(=O)c1ccc(N)cc1C. The van der Waals surface area contributed by atoms with Crippen molar-refractivity contribution in [1.29, 1.82) is 0 Å². The Bertz CT molecular complexity index is 679. The van der Waals surface area contributed by atoms with E-state index in [4.69, 9.17) is 5.73 Å². The molecule has 1 heterocycles. The molecule has 0 saturated carbocycles. The third-order valence-corrected chi connectivity index (χ3v) is 6.02. The van der Waals surface area contributed by atoms with Crippen LogP contribution in [-0.2, 0) is 16.6 Å². The molecule has 1 aromatic carbocycles. The quantitative estimate of drug-likeness (QED) is 0.864. The van der Waals surface area contributed by atoms with Crippen LogP contribution in [0.3, 0.4) is 0 Å². The molecule has 2 aromatic rings. The normalized spacial score (nSPS) is 11.9. The van der Waals surface area contributed by atoms with Gasteiger partial charge in [-0.25, -0.2) is 8.42 Å².